The molecular weight excluding hydrogens is 410 g/mol. The average molecular weight is 429 g/mol. The van der Waals surface area contributed by atoms with Gasteiger partial charge in [-0.05, 0) is 49.2 Å². The third-order valence-corrected chi connectivity index (χ3v) is 5.38. The third-order valence-electron chi connectivity index (χ3n) is 5.09. The molecule has 0 aliphatic carbocycles. The molecule has 2 heterocycles. The van der Waals surface area contributed by atoms with Gasteiger partial charge in [0.25, 0.3) is 5.91 Å². The molecule has 4 rings (SSSR count). The van der Waals surface area contributed by atoms with Crippen molar-refractivity contribution in [1.29, 1.82) is 0 Å². The molecule has 0 unspecified atom stereocenters. The molecule has 1 N–H and O–H groups in total. The molecule has 1 fully saturated rings. The molecule has 0 bridgehead atoms. The molecule has 1 saturated heterocycles. The molecular formula is C22H19ClF2N4O. The van der Waals surface area contributed by atoms with E-state index in [1.165, 1.54) is 24.3 Å². The van der Waals surface area contributed by atoms with Gasteiger partial charge in [-0.2, -0.15) is 0 Å². The number of hydrogen-bond donors (Lipinski definition) is 1. The fraction of sp³-hybridized carbons (Fsp3) is 0.227. The molecule has 2 aromatic carbocycles. The number of carbonyl (C=O) groups is 1. The lowest BCUT2D eigenvalue weighted by atomic mass is 9.94. The van der Waals surface area contributed by atoms with Gasteiger partial charge in [0.1, 0.15) is 11.6 Å². The van der Waals surface area contributed by atoms with Crippen molar-refractivity contribution in [2.24, 2.45) is 0 Å². The Morgan fingerprint density at radius 3 is 2.77 bits per heavy atom. The summed E-state index contributed by atoms with van der Waals surface area (Å²) in [6, 6.07) is 12.1. The molecule has 30 heavy (non-hydrogen) atoms. The minimum atomic E-state index is -0.555. The SMILES string of the molecule is O=C(c1ccc(F)c(Cl)c1)N1CCC[C@H](c2ccnc(Nc3ccccc3F)n2)C1. The molecule has 3 aromatic rings. The molecule has 1 aromatic heterocycles. The van der Waals surface area contributed by atoms with Crippen LogP contribution in [0.4, 0.5) is 20.4 Å². The van der Waals surface area contributed by atoms with Crippen molar-refractivity contribution in [3.05, 3.63) is 82.6 Å². The highest BCUT2D eigenvalue weighted by Gasteiger charge is 2.27. The van der Waals surface area contributed by atoms with Crippen LogP contribution < -0.4 is 5.32 Å². The molecule has 1 aliphatic rings. The second-order valence-electron chi connectivity index (χ2n) is 7.13. The Hall–Kier alpha value is -3.06. The Balaban J connectivity index is 1.50. The normalized spacial score (nSPS) is 16.4. The standard InChI is InChI=1S/C22H19ClF2N4O/c23-16-12-14(7-8-17(16)24)21(30)29-11-3-4-15(13-29)19-9-10-26-22(27-19)28-20-6-2-1-5-18(20)25/h1-2,5-10,12,15H,3-4,11,13H2,(H,26,27,28)/t15-/m0/s1. The molecule has 5 nitrogen and oxygen atoms in total. The summed E-state index contributed by atoms with van der Waals surface area (Å²) in [6.07, 6.45) is 3.29. The Morgan fingerprint density at radius 2 is 1.97 bits per heavy atom. The van der Waals surface area contributed by atoms with E-state index in [1.54, 1.807) is 35.4 Å². The summed E-state index contributed by atoms with van der Waals surface area (Å²) in [6.45, 7) is 1.08. The van der Waals surface area contributed by atoms with E-state index in [2.05, 4.69) is 15.3 Å². The van der Waals surface area contributed by atoms with E-state index in [0.717, 1.165) is 18.5 Å². The Bertz CT molecular complexity index is 1080. The van der Waals surface area contributed by atoms with E-state index in [1.807, 2.05) is 0 Å². The van der Waals surface area contributed by atoms with Gasteiger partial charge in [0.15, 0.2) is 0 Å². The maximum atomic E-state index is 13.9. The van der Waals surface area contributed by atoms with Crippen LogP contribution in [0.5, 0.6) is 0 Å². The van der Waals surface area contributed by atoms with Crippen LogP contribution >= 0.6 is 11.6 Å². The highest BCUT2D eigenvalue weighted by molar-refractivity contribution is 6.31. The molecule has 0 spiro atoms. The fourth-order valence-electron chi connectivity index (χ4n) is 3.56. The van der Waals surface area contributed by atoms with Crippen LogP contribution in [0.2, 0.25) is 5.02 Å². The number of benzene rings is 2. The summed E-state index contributed by atoms with van der Waals surface area (Å²) >= 11 is 5.82. The first kappa shape index (κ1) is 20.2. The topological polar surface area (TPSA) is 58.1 Å². The van der Waals surface area contributed by atoms with Crippen LogP contribution in [0.3, 0.4) is 0 Å². The summed E-state index contributed by atoms with van der Waals surface area (Å²) in [5, 5.41) is 2.82. The van der Waals surface area contributed by atoms with Crippen molar-refractivity contribution in [2.45, 2.75) is 18.8 Å². The predicted molar refractivity (Wildman–Crippen MR) is 111 cm³/mol. The van der Waals surface area contributed by atoms with Crippen molar-refractivity contribution < 1.29 is 13.6 Å². The first-order valence-electron chi connectivity index (χ1n) is 9.60. The monoisotopic (exact) mass is 428 g/mol. The van der Waals surface area contributed by atoms with E-state index in [-0.39, 0.29) is 22.7 Å². The smallest absolute Gasteiger partial charge is 0.253 e. The molecule has 0 saturated carbocycles. The maximum absolute atomic E-state index is 13.9. The number of carbonyl (C=O) groups excluding carboxylic acids is 1. The number of anilines is 2. The summed E-state index contributed by atoms with van der Waals surface area (Å²) in [5.41, 5.74) is 1.42. The fourth-order valence-corrected chi connectivity index (χ4v) is 3.74. The van der Waals surface area contributed by atoms with Crippen molar-refractivity contribution in [1.82, 2.24) is 14.9 Å². The summed E-state index contributed by atoms with van der Waals surface area (Å²) in [5.74, 6) is -0.825. The number of halogens is 3. The lowest BCUT2D eigenvalue weighted by Crippen LogP contribution is -2.39. The van der Waals surface area contributed by atoms with Gasteiger partial charge in [-0.25, -0.2) is 18.7 Å². The first-order chi connectivity index (χ1) is 14.5. The average Bonchev–Trinajstić information content (AvgIpc) is 2.77. The van der Waals surface area contributed by atoms with Crippen LogP contribution in [-0.4, -0.2) is 33.9 Å². The number of para-hydroxylation sites is 1. The van der Waals surface area contributed by atoms with Crippen LogP contribution in [0.15, 0.2) is 54.7 Å². The molecule has 1 atom stereocenters. The summed E-state index contributed by atoms with van der Waals surface area (Å²) in [4.78, 5) is 23.3. The van der Waals surface area contributed by atoms with Gasteiger partial charge in [0.05, 0.1) is 16.4 Å². The number of nitrogens with one attached hydrogen (secondary N) is 1. The highest BCUT2D eigenvalue weighted by atomic mass is 35.5. The predicted octanol–water partition coefficient (Wildman–Crippen LogP) is 5.17. The zero-order valence-corrected chi connectivity index (χ0v) is 16.7. The van der Waals surface area contributed by atoms with Crippen molar-refractivity contribution >= 4 is 29.1 Å². The minimum Gasteiger partial charge on any atom is -0.338 e. The number of piperidine rings is 1. The molecule has 154 valence electrons. The van der Waals surface area contributed by atoms with Gasteiger partial charge in [0.2, 0.25) is 5.95 Å². The number of likely N-dealkylation sites (tertiary alicyclic amines) is 1. The van der Waals surface area contributed by atoms with E-state index < -0.39 is 5.82 Å². The number of nitrogens with zero attached hydrogens (tertiary/aromatic N) is 3. The third kappa shape index (κ3) is 4.41. The number of aromatic nitrogens is 2. The van der Waals surface area contributed by atoms with Crippen LogP contribution in [-0.2, 0) is 0 Å². The quantitative estimate of drug-likeness (QED) is 0.622. The van der Waals surface area contributed by atoms with E-state index in [0.29, 0.717) is 30.3 Å². The molecule has 1 aliphatic heterocycles. The van der Waals surface area contributed by atoms with Crippen LogP contribution in [0.1, 0.15) is 34.8 Å². The largest absolute Gasteiger partial charge is 0.338 e. The molecule has 1 amide bonds. The van der Waals surface area contributed by atoms with Gasteiger partial charge < -0.3 is 10.2 Å². The Kier molecular flexibility index (Phi) is 5.90. The van der Waals surface area contributed by atoms with E-state index in [4.69, 9.17) is 11.6 Å². The second kappa shape index (κ2) is 8.75. The van der Waals surface area contributed by atoms with Crippen LogP contribution in [0, 0.1) is 11.6 Å². The lowest BCUT2D eigenvalue weighted by molar-refractivity contribution is 0.0706. The van der Waals surface area contributed by atoms with Crippen molar-refractivity contribution in [2.75, 3.05) is 18.4 Å². The molecule has 8 heteroatoms. The van der Waals surface area contributed by atoms with Gasteiger partial charge in [-0.1, -0.05) is 23.7 Å². The van der Waals surface area contributed by atoms with Gasteiger partial charge in [0, 0.05) is 30.8 Å². The summed E-state index contributed by atoms with van der Waals surface area (Å²) < 4.78 is 27.3. The van der Waals surface area contributed by atoms with Crippen molar-refractivity contribution in [3.63, 3.8) is 0 Å². The highest BCUT2D eigenvalue weighted by Crippen LogP contribution is 2.28. The van der Waals surface area contributed by atoms with Gasteiger partial charge in [-0.3, -0.25) is 4.79 Å². The maximum Gasteiger partial charge on any atom is 0.253 e. The second-order valence-corrected chi connectivity index (χ2v) is 7.54. The van der Waals surface area contributed by atoms with Gasteiger partial charge >= 0.3 is 0 Å². The zero-order valence-electron chi connectivity index (χ0n) is 16.0. The summed E-state index contributed by atoms with van der Waals surface area (Å²) in [7, 11) is 0. The lowest BCUT2D eigenvalue weighted by Gasteiger charge is -2.32. The number of amides is 1. The number of rotatable bonds is 4. The minimum absolute atomic E-state index is 0.0165. The van der Waals surface area contributed by atoms with Crippen molar-refractivity contribution in [3.8, 4) is 0 Å². The Morgan fingerprint density at radius 1 is 1.13 bits per heavy atom. The van der Waals surface area contributed by atoms with Gasteiger partial charge in [-0.15, -0.1) is 0 Å². The molecule has 0 radical (unpaired) electrons. The zero-order chi connectivity index (χ0) is 21.1. The number of hydrogen-bond acceptors (Lipinski definition) is 4. The first-order valence-corrected chi connectivity index (χ1v) is 9.98. The van der Waals surface area contributed by atoms with E-state index >= 15 is 0 Å². The van der Waals surface area contributed by atoms with Crippen LogP contribution in [0.25, 0.3) is 0 Å². The Labute approximate surface area is 177 Å². The van der Waals surface area contributed by atoms with E-state index in [9.17, 15) is 13.6 Å².